The second-order valence-electron chi connectivity index (χ2n) is 7.73. The van der Waals surface area contributed by atoms with E-state index in [-0.39, 0.29) is 11.6 Å². The Kier molecular flexibility index (Phi) is 5.31. The lowest BCUT2D eigenvalue weighted by Gasteiger charge is -2.48. The van der Waals surface area contributed by atoms with Crippen LogP contribution in [-0.4, -0.2) is 59.1 Å². The number of nitrogens with one attached hydrogen (secondary N) is 2. The van der Waals surface area contributed by atoms with Crippen LogP contribution in [0.1, 0.15) is 32.1 Å². The summed E-state index contributed by atoms with van der Waals surface area (Å²) in [5.74, 6) is 0. The summed E-state index contributed by atoms with van der Waals surface area (Å²) in [4.78, 5) is 15.1. The van der Waals surface area contributed by atoms with E-state index in [0.29, 0.717) is 6.54 Å². The fourth-order valence-corrected chi connectivity index (χ4v) is 4.51. The van der Waals surface area contributed by atoms with Gasteiger partial charge in [-0.25, -0.2) is 4.79 Å². The molecule has 4 rings (SSSR count). The Morgan fingerprint density at radius 1 is 1.22 bits per heavy atom. The van der Waals surface area contributed by atoms with Crippen LogP contribution >= 0.6 is 0 Å². The number of amides is 2. The number of fused-ring (bicyclic) bond motifs is 1. The zero-order valence-corrected chi connectivity index (χ0v) is 16.0. The molecule has 1 aliphatic carbocycles. The number of hydrogen-bond acceptors (Lipinski definition) is 4. The number of ether oxygens (including phenoxy) is 1. The van der Waals surface area contributed by atoms with E-state index < -0.39 is 0 Å². The second-order valence-corrected chi connectivity index (χ2v) is 7.73. The zero-order valence-electron chi connectivity index (χ0n) is 16.0. The standard InChI is InChI=1S/C20H29N5O2/c1-24-18-6-5-17(13-16(18)14-22-24)23-19(26)21-15-20(7-3-2-4-8-20)25-9-11-27-12-10-25/h5-6,13-14H,2-4,7-12,15H2,1H3,(H2,21,23,26). The number of hydrogen-bond donors (Lipinski definition) is 2. The maximum atomic E-state index is 12.5. The molecule has 146 valence electrons. The molecule has 1 saturated heterocycles. The second kappa shape index (κ2) is 7.86. The van der Waals surface area contributed by atoms with Crippen molar-refractivity contribution in [1.29, 1.82) is 0 Å². The van der Waals surface area contributed by atoms with Gasteiger partial charge in [0.2, 0.25) is 0 Å². The maximum absolute atomic E-state index is 12.5. The molecule has 1 aromatic heterocycles. The van der Waals surface area contributed by atoms with Gasteiger partial charge in [-0.15, -0.1) is 0 Å². The first-order chi connectivity index (χ1) is 13.2. The van der Waals surface area contributed by atoms with Crippen LogP contribution in [0.5, 0.6) is 0 Å². The molecular weight excluding hydrogens is 342 g/mol. The summed E-state index contributed by atoms with van der Waals surface area (Å²) >= 11 is 0. The van der Waals surface area contributed by atoms with Gasteiger partial charge in [0.15, 0.2) is 0 Å². The zero-order chi connectivity index (χ0) is 18.7. The van der Waals surface area contributed by atoms with Gasteiger partial charge in [-0.05, 0) is 31.0 Å². The molecule has 0 radical (unpaired) electrons. The Hall–Kier alpha value is -2.12. The van der Waals surface area contributed by atoms with E-state index in [0.717, 1.165) is 55.7 Å². The summed E-state index contributed by atoms with van der Waals surface area (Å²) < 4.78 is 7.36. The average molecular weight is 371 g/mol. The minimum atomic E-state index is -0.142. The number of aromatic nitrogens is 2. The van der Waals surface area contributed by atoms with Gasteiger partial charge in [0.05, 0.1) is 24.9 Å². The van der Waals surface area contributed by atoms with Gasteiger partial charge in [0, 0.05) is 43.3 Å². The minimum absolute atomic E-state index is 0.0761. The van der Waals surface area contributed by atoms with Crippen molar-refractivity contribution in [3.8, 4) is 0 Å². The number of urea groups is 1. The predicted octanol–water partition coefficient (Wildman–Crippen LogP) is 2.73. The Morgan fingerprint density at radius 3 is 2.78 bits per heavy atom. The lowest BCUT2D eigenvalue weighted by molar-refractivity contribution is -0.0356. The van der Waals surface area contributed by atoms with Crippen LogP contribution < -0.4 is 10.6 Å². The third-order valence-corrected chi connectivity index (χ3v) is 6.05. The number of benzene rings is 1. The van der Waals surface area contributed by atoms with Crippen LogP contribution in [0, 0.1) is 0 Å². The molecule has 2 aromatic rings. The highest BCUT2D eigenvalue weighted by Crippen LogP contribution is 2.33. The molecule has 2 amide bonds. The van der Waals surface area contributed by atoms with Crippen molar-refractivity contribution in [2.75, 3.05) is 38.2 Å². The predicted molar refractivity (Wildman–Crippen MR) is 106 cm³/mol. The van der Waals surface area contributed by atoms with Crippen molar-refractivity contribution in [3.05, 3.63) is 24.4 Å². The Balaban J connectivity index is 1.39. The number of rotatable bonds is 4. The van der Waals surface area contributed by atoms with Crippen molar-refractivity contribution < 1.29 is 9.53 Å². The quantitative estimate of drug-likeness (QED) is 0.867. The van der Waals surface area contributed by atoms with E-state index in [2.05, 4.69) is 20.6 Å². The summed E-state index contributed by atoms with van der Waals surface area (Å²) in [5.41, 5.74) is 1.92. The highest BCUT2D eigenvalue weighted by molar-refractivity contribution is 5.92. The molecule has 2 heterocycles. The van der Waals surface area contributed by atoms with Gasteiger partial charge in [-0.1, -0.05) is 19.3 Å². The van der Waals surface area contributed by atoms with Gasteiger partial charge in [-0.2, -0.15) is 5.10 Å². The lowest BCUT2D eigenvalue weighted by Crippen LogP contribution is -2.60. The molecule has 7 nitrogen and oxygen atoms in total. The third kappa shape index (κ3) is 3.94. The largest absolute Gasteiger partial charge is 0.379 e. The first-order valence-electron chi connectivity index (χ1n) is 9.96. The smallest absolute Gasteiger partial charge is 0.319 e. The SMILES string of the molecule is Cn1ncc2cc(NC(=O)NCC3(N4CCOCC4)CCCCC3)ccc21. The van der Waals surface area contributed by atoms with Crippen LogP contribution in [0.3, 0.4) is 0 Å². The fourth-order valence-electron chi connectivity index (χ4n) is 4.51. The number of nitrogens with zero attached hydrogens (tertiary/aromatic N) is 3. The molecular formula is C20H29N5O2. The van der Waals surface area contributed by atoms with Crippen LogP contribution in [0.2, 0.25) is 0 Å². The molecule has 27 heavy (non-hydrogen) atoms. The molecule has 2 aliphatic rings. The molecule has 1 saturated carbocycles. The van der Waals surface area contributed by atoms with E-state index in [1.54, 1.807) is 0 Å². The minimum Gasteiger partial charge on any atom is -0.379 e. The number of morpholine rings is 1. The Labute approximate surface area is 160 Å². The van der Waals surface area contributed by atoms with Crippen LogP contribution in [0.4, 0.5) is 10.5 Å². The van der Waals surface area contributed by atoms with Crippen LogP contribution in [0.15, 0.2) is 24.4 Å². The summed E-state index contributed by atoms with van der Waals surface area (Å²) in [5, 5.41) is 11.4. The molecule has 2 fully saturated rings. The van der Waals surface area contributed by atoms with E-state index in [4.69, 9.17) is 4.74 Å². The van der Waals surface area contributed by atoms with Crippen molar-refractivity contribution in [2.45, 2.75) is 37.6 Å². The first-order valence-corrected chi connectivity index (χ1v) is 9.96. The lowest BCUT2D eigenvalue weighted by atomic mass is 9.80. The highest BCUT2D eigenvalue weighted by Gasteiger charge is 2.38. The van der Waals surface area contributed by atoms with E-state index >= 15 is 0 Å². The maximum Gasteiger partial charge on any atom is 0.319 e. The summed E-state index contributed by atoms with van der Waals surface area (Å²) in [6.07, 6.45) is 7.87. The number of aryl methyl sites for hydroxylation is 1. The summed E-state index contributed by atoms with van der Waals surface area (Å²) in [6.45, 7) is 4.19. The van der Waals surface area contributed by atoms with Crippen LogP contribution in [-0.2, 0) is 11.8 Å². The molecule has 0 unspecified atom stereocenters. The molecule has 0 bridgehead atoms. The van der Waals surface area contributed by atoms with Gasteiger partial charge >= 0.3 is 6.03 Å². The number of anilines is 1. The van der Waals surface area contributed by atoms with Gasteiger partial charge in [0.1, 0.15) is 0 Å². The van der Waals surface area contributed by atoms with E-state index in [1.807, 2.05) is 36.1 Å². The number of carbonyl (C=O) groups excluding carboxylic acids is 1. The summed E-state index contributed by atoms with van der Waals surface area (Å²) in [7, 11) is 1.91. The van der Waals surface area contributed by atoms with Gasteiger partial charge < -0.3 is 15.4 Å². The molecule has 7 heteroatoms. The topological polar surface area (TPSA) is 71.4 Å². The molecule has 0 atom stereocenters. The normalized spacial score (nSPS) is 20.5. The van der Waals surface area contributed by atoms with Crippen molar-refractivity contribution in [2.24, 2.45) is 7.05 Å². The molecule has 0 spiro atoms. The highest BCUT2D eigenvalue weighted by atomic mass is 16.5. The number of carbonyl (C=O) groups is 1. The molecule has 2 N–H and O–H groups in total. The van der Waals surface area contributed by atoms with Crippen molar-refractivity contribution in [3.63, 3.8) is 0 Å². The fraction of sp³-hybridized carbons (Fsp3) is 0.600. The third-order valence-electron chi connectivity index (χ3n) is 6.05. The van der Waals surface area contributed by atoms with Gasteiger partial charge in [-0.3, -0.25) is 9.58 Å². The van der Waals surface area contributed by atoms with Crippen LogP contribution in [0.25, 0.3) is 10.9 Å². The molecule has 1 aliphatic heterocycles. The van der Waals surface area contributed by atoms with Crippen molar-refractivity contribution in [1.82, 2.24) is 20.0 Å². The van der Waals surface area contributed by atoms with Crippen molar-refractivity contribution >= 4 is 22.6 Å². The average Bonchev–Trinajstić information content (AvgIpc) is 3.08. The molecule has 1 aromatic carbocycles. The monoisotopic (exact) mass is 371 g/mol. The Bertz CT molecular complexity index is 791. The first kappa shape index (κ1) is 18.3. The van der Waals surface area contributed by atoms with E-state index in [1.165, 1.54) is 19.3 Å². The Morgan fingerprint density at radius 2 is 2.00 bits per heavy atom. The van der Waals surface area contributed by atoms with Gasteiger partial charge in [0.25, 0.3) is 0 Å². The summed E-state index contributed by atoms with van der Waals surface area (Å²) in [6, 6.07) is 5.72. The van der Waals surface area contributed by atoms with E-state index in [9.17, 15) is 4.79 Å².